The van der Waals surface area contributed by atoms with E-state index in [1.54, 1.807) is 24.5 Å². The van der Waals surface area contributed by atoms with Crippen LogP contribution in [0, 0.1) is 5.92 Å². The van der Waals surface area contributed by atoms with Crippen LogP contribution in [0.3, 0.4) is 0 Å². The van der Waals surface area contributed by atoms with Gasteiger partial charge in [0, 0.05) is 5.92 Å². The number of carbonyl (C=O) groups excluding carboxylic acids is 1. The number of hydrogen-bond acceptors (Lipinski definition) is 8. The van der Waals surface area contributed by atoms with E-state index < -0.39 is 52.0 Å². The number of anilines is 1. The van der Waals surface area contributed by atoms with Crippen molar-refractivity contribution in [3.05, 3.63) is 147 Å². The van der Waals surface area contributed by atoms with Crippen molar-refractivity contribution in [2.45, 2.75) is 83.3 Å². The molecule has 2 aliphatic carbocycles. The first-order chi connectivity index (χ1) is 29.4. The Bertz CT molecular complexity index is 2830. The van der Waals surface area contributed by atoms with E-state index >= 15 is 0 Å². The molecule has 0 unspecified atom stereocenters. The predicted molar refractivity (Wildman–Crippen MR) is 240 cm³/mol. The largest absolute Gasteiger partial charge is 0.470 e. The van der Waals surface area contributed by atoms with Crippen molar-refractivity contribution in [1.29, 1.82) is 0 Å². The molecule has 15 heteroatoms. The van der Waals surface area contributed by atoms with E-state index in [1.807, 2.05) is 36.4 Å². The van der Waals surface area contributed by atoms with Gasteiger partial charge >= 0.3 is 7.82 Å². The normalized spacial score (nSPS) is 18.1. The summed E-state index contributed by atoms with van der Waals surface area (Å²) in [6.45, 7) is 13.6. The number of carbonyl (C=O) groups is 1. The van der Waals surface area contributed by atoms with Crippen LogP contribution in [-0.4, -0.2) is 56.2 Å². The summed E-state index contributed by atoms with van der Waals surface area (Å²) in [5, 5.41) is 2.45. The Balaban J connectivity index is 1.39. The van der Waals surface area contributed by atoms with Gasteiger partial charge in [-0.15, -0.1) is 0 Å². The molecule has 0 saturated carbocycles. The Morgan fingerprint density at radius 2 is 1.50 bits per heavy atom. The van der Waals surface area contributed by atoms with Gasteiger partial charge in [-0.05, 0) is 92.7 Å². The Kier molecular flexibility index (Phi) is 10.2. The lowest BCUT2D eigenvalue weighted by Crippen LogP contribution is -2.55. The lowest BCUT2D eigenvalue weighted by molar-refractivity contribution is -0.120. The lowest BCUT2D eigenvalue weighted by Gasteiger charge is -2.47. The third-order valence-corrected chi connectivity index (χ3v) is 17.9. The van der Waals surface area contributed by atoms with E-state index in [4.69, 9.17) is 18.7 Å². The molecule has 0 saturated heterocycles. The molecule has 0 bridgehead atoms. The summed E-state index contributed by atoms with van der Waals surface area (Å²) >= 11 is 0. The second kappa shape index (κ2) is 15.1. The maximum atomic E-state index is 14.0. The number of phosphoric ester groups is 1. The van der Waals surface area contributed by atoms with E-state index in [9.17, 15) is 23.9 Å². The van der Waals surface area contributed by atoms with Crippen LogP contribution in [0.25, 0.3) is 33.4 Å². The van der Waals surface area contributed by atoms with Crippen molar-refractivity contribution < 1.29 is 32.8 Å². The van der Waals surface area contributed by atoms with Crippen molar-refractivity contribution >= 4 is 39.2 Å². The molecular weight excluding hydrogens is 822 g/mol. The molecule has 4 N–H and O–H groups in total. The summed E-state index contributed by atoms with van der Waals surface area (Å²) in [6.07, 6.45) is 3.56. The number of H-pyrrole nitrogens is 1. The molecule has 1 aliphatic heterocycles. The van der Waals surface area contributed by atoms with Crippen LogP contribution in [0.15, 0.2) is 108 Å². The molecule has 6 aromatic rings. The predicted octanol–water partition coefficient (Wildman–Crippen LogP) is 8.76. The average molecular weight is 872 g/mol. The first-order valence-electron chi connectivity index (χ1n) is 20.8. The monoisotopic (exact) mass is 871 g/mol. The highest BCUT2D eigenvalue weighted by Crippen LogP contribution is 2.57. The zero-order chi connectivity index (χ0) is 43.9. The smallest absolute Gasteiger partial charge is 0.465 e. The minimum absolute atomic E-state index is 0.00310. The number of aromatic amines is 1. The highest BCUT2D eigenvalue weighted by atomic mass is 31.2. The fraction of sp³-hybridized carbons (Fsp3) is 0.319. The van der Waals surface area contributed by atoms with E-state index in [0.29, 0.717) is 12.8 Å². The van der Waals surface area contributed by atoms with Crippen LogP contribution in [0.2, 0.25) is 18.1 Å². The molecule has 0 fully saturated rings. The summed E-state index contributed by atoms with van der Waals surface area (Å²) in [5.41, 5.74) is 8.61. The highest BCUT2D eigenvalue weighted by Gasteiger charge is 2.59. The van der Waals surface area contributed by atoms with Gasteiger partial charge in [-0.3, -0.25) is 29.0 Å². The van der Waals surface area contributed by atoms with Crippen molar-refractivity contribution in [1.82, 2.24) is 19.5 Å². The molecule has 0 radical (unpaired) electrons. The molecule has 0 spiro atoms. The quantitative estimate of drug-likeness (QED) is 0.0726. The lowest BCUT2D eigenvalue weighted by atomic mass is 9.75. The molecule has 9 rings (SSSR count). The fourth-order valence-corrected chi connectivity index (χ4v) is 10.5. The van der Waals surface area contributed by atoms with Gasteiger partial charge in [0.2, 0.25) is 17.6 Å². The SMILES string of the molecule is CC(C)C(=O)Nc1nc2c(ncn2[C@]2(C(c3cccc4c3Cc3ccccc3-4)c3cccc4c3Cc3ccccc3-4)OC(COP(=O)(O)O)=C[C@H]2O[Si](C)(C)C(C)(C)C)c(=O)[nH]1. The standard InChI is InChI=1S/C47H50N5O8PSi/c1-27(2)43(53)50-45-49-42-41(44(54)51-45)48-26-52(42)47(39(60-62(6,7)46(3,4)5)24-30(59-47)25-58-61(55,56)57)40(35-20-12-18-33-31-16-10-8-14-28(31)22-37(33)35)36-21-13-19-34-32-17-11-9-15-29(32)23-38(34)36/h8-21,24,26-27,39-40H,22-23,25H2,1-7H3,(H2,55,56,57)(H2,49,50,51,53,54)/t39-,47+/m1/s1. The van der Waals surface area contributed by atoms with Gasteiger partial charge in [0.15, 0.2) is 19.5 Å². The Hall–Kier alpha value is -5.47. The third kappa shape index (κ3) is 7.08. The van der Waals surface area contributed by atoms with Crippen molar-refractivity contribution in [3.63, 3.8) is 0 Å². The average Bonchev–Trinajstić information content (AvgIpc) is 3.99. The molecule has 1 amide bonds. The summed E-state index contributed by atoms with van der Waals surface area (Å²) in [6, 6.07) is 29.3. The van der Waals surface area contributed by atoms with Crippen LogP contribution in [0.1, 0.15) is 73.9 Å². The van der Waals surface area contributed by atoms with Gasteiger partial charge in [0.05, 0.1) is 5.92 Å². The molecule has 4 aromatic carbocycles. The topological polar surface area (TPSA) is 178 Å². The van der Waals surface area contributed by atoms with E-state index in [0.717, 1.165) is 44.5 Å². The Labute approximate surface area is 360 Å². The molecular formula is C47H50N5O8PSi. The van der Waals surface area contributed by atoms with Gasteiger partial charge in [-0.1, -0.05) is 120 Å². The zero-order valence-corrected chi connectivity index (χ0v) is 37.6. The third-order valence-electron chi connectivity index (χ3n) is 13.0. The van der Waals surface area contributed by atoms with Crippen LogP contribution in [0.5, 0.6) is 0 Å². The number of amides is 1. The molecule has 320 valence electrons. The maximum absolute atomic E-state index is 14.0. The molecule has 2 atom stereocenters. The van der Waals surface area contributed by atoms with Crippen molar-refractivity contribution in [2.75, 3.05) is 11.9 Å². The minimum atomic E-state index is -4.98. The van der Waals surface area contributed by atoms with Gasteiger partial charge in [0.1, 0.15) is 24.8 Å². The van der Waals surface area contributed by atoms with Crippen LogP contribution in [-0.2, 0) is 41.6 Å². The first kappa shape index (κ1) is 41.9. The van der Waals surface area contributed by atoms with Crippen LogP contribution >= 0.6 is 7.82 Å². The van der Waals surface area contributed by atoms with Gasteiger partial charge in [-0.2, -0.15) is 4.98 Å². The molecule has 3 aliphatic rings. The Morgan fingerprint density at radius 3 is 2.05 bits per heavy atom. The molecule has 2 aromatic heterocycles. The van der Waals surface area contributed by atoms with Crippen molar-refractivity contribution in [3.8, 4) is 22.3 Å². The van der Waals surface area contributed by atoms with E-state index in [2.05, 4.69) is 97.7 Å². The van der Waals surface area contributed by atoms with Crippen LogP contribution < -0.4 is 10.9 Å². The number of fused-ring (bicyclic) bond motifs is 7. The van der Waals surface area contributed by atoms with Crippen LogP contribution in [0.4, 0.5) is 5.95 Å². The summed E-state index contributed by atoms with van der Waals surface area (Å²) in [4.78, 5) is 59.3. The van der Waals surface area contributed by atoms with E-state index in [-0.39, 0.29) is 33.8 Å². The summed E-state index contributed by atoms with van der Waals surface area (Å²) in [7, 11) is -7.75. The summed E-state index contributed by atoms with van der Waals surface area (Å²) in [5.74, 6) is -1.46. The number of ether oxygens (including phenoxy) is 1. The first-order valence-corrected chi connectivity index (χ1v) is 25.3. The number of rotatable bonds is 11. The summed E-state index contributed by atoms with van der Waals surface area (Å²) < 4.78 is 34.1. The minimum Gasteiger partial charge on any atom is -0.465 e. The van der Waals surface area contributed by atoms with Gasteiger partial charge in [-0.25, -0.2) is 9.55 Å². The van der Waals surface area contributed by atoms with E-state index in [1.165, 1.54) is 17.5 Å². The number of aromatic nitrogens is 4. The van der Waals surface area contributed by atoms with Crippen molar-refractivity contribution in [2.24, 2.45) is 5.92 Å². The zero-order valence-electron chi connectivity index (χ0n) is 35.7. The van der Waals surface area contributed by atoms with Gasteiger partial charge < -0.3 is 18.9 Å². The Morgan fingerprint density at radius 1 is 0.935 bits per heavy atom. The number of hydrogen-bond donors (Lipinski definition) is 4. The molecule has 62 heavy (non-hydrogen) atoms. The number of phosphoric acid groups is 1. The van der Waals surface area contributed by atoms with Gasteiger partial charge in [0.25, 0.3) is 5.56 Å². The molecule has 3 heterocycles. The maximum Gasteiger partial charge on any atom is 0.470 e. The second-order valence-corrected chi connectivity index (χ2v) is 24.2. The highest BCUT2D eigenvalue weighted by molar-refractivity contribution is 7.46. The number of nitrogens with one attached hydrogen (secondary N) is 2. The second-order valence-electron chi connectivity index (χ2n) is 18.2. The number of benzene rings is 4. The molecule has 13 nitrogen and oxygen atoms in total. The fourth-order valence-electron chi connectivity index (χ4n) is 8.98. The number of nitrogens with zero attached hydrogens (tertiary/aromatic N) is 3. The number of imidazole rings is 1.